The van der Waals surface area contributed by atoms with Crippen molar-refractivity contribution in [3.63, 3.8) is 0 Å². The lowest BCUT2D eigenvalue weighted by Gasteiger charge is -2.13. The molecule has 0 saturated carbocycles. The van der Waals surface area contributed by atoms with Crippen LogP contribution < -0.4 is 4.74 Å². The second-order valence-corrected chi connectivity index (χ2v) is 5.79. The number of halogens is 5. The van der Waals surface area contributed by atoms with Gasteiger partial charge in [-0.3, -0.25) is 0 Å². The molecule has 3 rings (SSSR count). The number of alkyl halides is 3. The second kappa shape index (κ2) is 6.15. The average Bonchev–Trinajstić information content (AvgIpc) is 2.53. The third-order valence-electron chi connectivity index (χ3n) is 3.56. The average molecular weight is 372 g/mol. The Kier molecular flexibility index (Phi) is 4.32. The van der Waals surface area contributed by atoms with Crippen LogP contribution in [0, 0.1) is 0 Å². The zero-order valence-corrected chi connectivity index (χ0v) is 13.8. The van der Waals surface area contributed by atoms with Crippen LogP contribution in [0.1, 0.15) is 5.56 Å². The van der Waals surface area contributed by atoms with Crippen LogP contribution in [0.25, 0.3) is 22.0 Å². The number of pyridine rings is 1. The first-order chi connectivity index (χ1) is 11.3. The van der Waals surface area contributed by atoms with E-state index in [-0.39, 0.29) is 21.3 Å². The van der Waals surface area contributed by atoms with Gasteiger partial charge in [0.1, 0.15) is 10.9 Å². The number of fused-ring (bicyclic) bond motifs is 1. The quantitative estimate of drug-likeness (QED) is 0.497. The van der Waals surface area contributed by atoms with Gasteiger partial charge >= 0.3 is 6.18 Å². The van der Waals surface area contributed by atoms with Crippen molar-refractivity contribution in [2.45, 2.75) is 6.18 Å². The van der Waals surface area contributed by atoms with Crippen molar-refractivity contribution >= 4 is 34.1 Å². The third-order valence-corrected chi connectivity index (χ3v) is 4.23. The summed E-state index contributed by atoms with van der Waals surface area (Å²) in [5.74, 6) is 0.578. The van der Waals surface area contributed by atoms with E-state index in [1.165, 1.54) is 19.2 Å². The molecule has 124 valence electrons. The molecule has 0 unspecified atom stereocenters. The van der Waals surface area contributed by atoms with E-state index in [1.807, 2.05) is 0 Å². The summed E-state index contributed by atoms with van der Waals surface area (Å²) in [4.78, 5) is 4.23. The summed E-state index contributed by atoms with van der Waals surface area (Å²) in [7, 11) is 1.52. The summed E-state index contributed by atoms with van der Waals surface area (Å²) in [5.41, 5.74) is 0.245. The van der Waals surface area contributed by atoms with Crippen LogP contribution in [0.2, 0.25) is 10.2 Å². The van der Waals surface area contributed by atoms with Crippen molar-refractivity contribution in [3.8, 4) is 16.9 Å². The van der Waals surface area contributed by atoms with E-state index in [2.05, 4.69) is 4.98 Å². The van der Waals surface area contributed by atoms with Crippen LogP contribution in [-0.4, -0.2) is 12.1 Å². The fourth-order valence-corrected chi connectivity index (χ4v) is 3.10. The Morgan fingerprint density at radius 3 is 2.46 bits per heavy atom. The molecule has 0 aliphatic rings. The molecule has 0 atom stereocenters. The van der Waals surface area contributed by atoms with Crippen LogP contribution in [0.15, 0.2) is 42.5 Å². The van der Waals surface area contributed by atoms with Crippen LogP contribution in [-0.2, 0) is 6.18 Å². The third kappa shape index (κ3) is 3.01. The summed E-state index contributed by atoms with van der Waals surface area (Å²) in [5, 5.41) is 0.848. The van der Waals surface area contributed by atoms with Gasteiger partial charge in [-0.05, 0) is 29.8 Å². The van der Waals surface area contributed by atoms with E-state index < -0.39 is 11.7 Å². The van der Waals surface area contributed by atoms with E-state index in [1.54, 1.807) is 18.2 Å². The smallest absolute Gasteiger partial charge is 0.416 e. The Balaban J connectivity index is 2.24. The van der Waals surface area contributed by atoms with E-state index >= 15 is 0 Å². The van der Waals surface area contributed by atoms with Gasteiger partial charge in [0.05, 0.1) is 23.2 Å². The molecule has 2 nitrogen and oxygen atoms in total. The number of hydrogen-bond donors (Lipinski definition) is 0. The van der Waals surface area contributed by atoms with Crippen LogP contribution in [0.5, 0.6) is 5.75 Å². The maximum absolute atomic E-state index is 12.9. The lowest BCUT2D eigenvalue weighted by atomic mass is 10.0. The molecule has 1 aromatic heterocycles. The highest BCUT2D eigenvalue weighted by atomic mass is 35.5. The molecule has 0 spiro atoms. The molecule has 0 aliphatic heterocycles. The highest BCUT2D eigenvalue weighted by Gasteiger charge is 2.31. The summed E-state index contributed by atoms with van der Waals surface area (Å²) < 4.78 is 43.9. The summed E-state index contributed by atoms with van der Waals surface area (Å²) in [6.45, 7) is 0. The first-order valence-electron chi connectivity index (χ1n) is 6.81. The molecule has 0 fully saturated rings. The fourth-order valence-electron chi connectivity index (χ4n) is 2.40. The first kappa shape index (κ1) is 16.9. The molecule has 0 bridgehead atoms. The van der Waals surface area contributed by atoms with Crippen LogP contribution in [0.3, 0.4) is 0 Å². The van der Waals surface area contributed by atoms with E-state index in [0.717, 1.165) is 12.1 Å². The van der Waals surface area contributed by atoms with E-state index in [4.69, 9.17) is 27.9 Å². The van der Waals surface area contributed by atoms with Gasteiger partial charge < -0.3 is 4.74 Å². The number of aromatic nitrogens is 1. The van der Waals surface area contributed by atoms with Crippen LogP contribution in [0.4, 0.5) is 13.2 Å². The van der Waals surface area contributed by atoms with Crippen molar-refractivity contribution in [2.75, 3.05) is 7.11 Å². The molecule has 24 heavy (non-hydrogen) atoms. The van der Waals surface area contributed by atoms with Crippen LogP contribution >= 0.6 is 23.2 Å². The minimum absolute atomic E-state index is 0.0278. The first-order valence-corrected chi connectivity index (χ1v) is 7.57. The van der Waals surface area contributed by atoms with Gasteiger partial charge in [0.25, 0.3) is 0 Å². The Bertz CT molecular complexity index is 926. The molecule has 7 heteroatoms. The number of rotatable bonds is 2. The molecule has 0 N–H and O–H groups in total. The minimum atomic E-state index is -4.45. The summed E-state index contributed by atoms with van der Waals surface area (Å²) >= 11 is 12.6. The zero-order chi connectivity index (χ0) is 17.5. The van der Waals surface area contributed by atoms with Gasteiger partial charge in [0, 0.05) is 17.0 Å². The van der Waals surface area contributed by atoms with E-state index in [0.29, 0.717) is 16.7 Å². The number of nitrogens with zero attached hydrogens (tertiary/aromatic N) is 1. The molecule has 0 saturated heterocycles. The van der Waals surface area contributed by atoms with Gasteiger partial charge in [0.2, 0.25) is 0 Å². The highest BCUT2D eigenvalue weighted by Crippen LogP contribution is 2.40. The normalized spacial score (nSPS) is 11.8. The van der Waals surface area contributed by atoms with Gasteiger partial charge in [-0.1, -0.05) is 35.3 Å². The van der Waals surface area contributed by atoms with Crippen molar-refractivity contribution in [1.82, 2.24) is 4.98 Å². The van der Waals surface area contributed by atoms with Crippen molar-refractivity contribution in [3.05, 3.63) is 58.2 Å². The maximum atomic E-state index is 12.9. The predicted molar refractivity (Wildman–Crippen MR) is 88.8 cm³/mol. The lowest BCUT2D eigenvalue weighted by Crippen LogP contribution is -2.04. The lowest BCUT2D eigenvalue weighted by molar-refractivity contribution is -0.137. The molecule has 3 aromatic rings. The van der Waals surface area contributed by atoms with Gasteiger partial charge in [-0.2, -0.15) is 13.2 Å². The van der Waals surface area contributed by atoms with Crippen molar-refractivity contribution < 1.29 is 17.9 Å². The maximum Gasteiger partial charge on any atom is 0.416 e. The number of benzene rings is 2. The summed E-state index contributed by atoms with van der Waals surface area (Å²) in [6, 6.07) is 9.86. The number of ether oxygens (including phenoxy) is 1. The Labute approximate surface area is 145 Å². The van der Waals surface area contributed by atoms with E-state index in [9.17, 15) is 13.2 Å². The monoisotopic (exact) mass is 371 g/mol. The highest BCUT2D eigenvalue weighted by molar-refractivity contribution is 6.42. The predicted octanol–water partition coefficient (Wildman–Crippen LogP) is 6.24. The standard InChI is InChI=1S/C17H10Cl2F3NO/c1-24-11-5-6-12-13(8-11)23-16(19)14(15(12)18)9-3-2-4-10(7-9)17(20,21)22/h2-8H,1H3. The largest absolute Gasteiger partial charge is 0.497 e. The van der Waals surface area contributed by atoms with Gasteiger partial charge in [-0.25, -0.2) is 4.98 Å². The Morgan fingerprint density at radius 1 is 1.04 bits per heavy atom. The second-order valence-electron chi connectivity index (χ2n) is 5.05. The van der Waals surface area contributed by atoms with Crippen molar-refractivity contribution in [2.24, 2.45) is 0 Å². The SMILES string of the molecule is COc1ccc2c(Cl)c(-c3cccc(C(F)(F)F)c3)c(Cl)nc2c1. The number of methoxy groups -OCH3 is 1. The molecular formula is C17H10Cl2F3NO. The summed E-state index contributed by atoms with van der Waals surface area (Å²) in [6.07, 6.45) is -4.45. The Hall–Kier alpha value is -1.98. The van der Waals surface area contributed by atoms with Gasteiger partial charge in [0.15, 0.2) is 0 Å². The fraction of sp³-hybridized carbons (Fsp3) is 0.118. The minimum Gasteiger partial charge on any atom is -0.497 e. The molecule has 2 aromatic carbocycles. The molecule has 0 aliphatic carbocycles. The zero-order valence-electron chi connectivity index (χ0n) is 12.3. The molecule has 0 radical (unpaired) electrons. The topological polar surface area (TPSA) is 22.1 Å². The van der Waals surface area contributed by atoms with Crippen molar-refractivity contribution in [1.29, 1.82) is 0 Å². The van der Waals surface area contributed by atoms with Gasteiger partial charge in [-0.15, -0.1) is 0 Å². The Morgan fingerprint density at radius 2 is 1.79 bits per heavy atom. The number of hydrogen-bond acceptors (Lipinski definition) is 2. The molecule has 1 heterocycles. The molecular weight excluding hydrogens is 362 g/mol. The molecule has 0 amide bonds.